The fraction of sp³-hybridized carbons (Fsp3) is 0.500. The van der Waals surface area contributed by atoms with Crippen LogP contribution < -0.4 is 5.73 Å². The number of carboxylic acids is 1. The van der Waals surface area contributed by atoms with E-state index in [1.807, 2.05) is 0 Å². The number of imidazole rings is 1. The smallest absolute Gasteiger partial charge is 0.475 e. The van der Waals surface area contributed by atoms with Crippen LogP contribution in [0.5, 0.6) is 0 Å². The van der Waals surface area contributed by atoms with Crippen molar-refractivity contribution < 1.29 is 28.0 Å². The maximum Gasteiger partial charge on any atom is 0.490 e. The van der Waals surface area contributed by atoms with Crippen LogP contribution in [-0.4, -0.2) is 38.3 Å². The third-order valence-corrected chi connectivity index (χ3v) is 1.82. The number of halogens is 3. The first kappa shape index (κ1) is 16.8. The van der Waals surface area contributed by atoms with E-state index < -0.39 is 17.1 Å². The Kier molecular flexibility index (Phi) is 5.92. The molecule has 19 heavy (non-hydrogen) atoms. The topological polar surface area (TPSA) is 124 Å². The van der Waals surface area contributed by atoms with E-state index in [9.17, 15) is 23.3 Å². The predicted molar refractivity (Wildman–Crippen MR) is 56.4 cm³/mol. The summed E-state index contributed by atoms with van der Waals surface area (Å²) in [5.41, 5.74) is 5.29. The van der Waals surface area contributed by atoms with Crippen molar-refractivity contribution in [3.05, 3.63) is 22.1 Å². The molecule has 1 rings (SSSR count). The number of nitrogens with zero attached hydrogens (tertiary/aromatic N) is 3. The van der Waals surface area contributed by atoms with Crippen LogP contribution in [0.25, 0.3) is 0 Å². The lowest BCUT2D eigenvalue weighted by Crippen LogP contribution is -2.21. The van der Waals surface area contributed by atoms with Crippen molar-refractivity contribution >= 4 is 11.8 Å². The van der Waals surface area contributed by atoms with Crippen molar-refractivity contribution in [2.45, 2.75) is 19.6 Å². The summed E-state index contributed by atoms with van der Waals surface area (Å²) in [7, 11) is 0. The van der Waals surface area contributed by atoms with Gasteiger partial charge in [0, 0.05) is 13.5 Å². The summed E-state index contributed by atoms with van der Waals surface area (Å²) in [6, 6.07) is 0. The molecule has 0 spiro atoms. The number of alkyl halides is 3. The largest absolute Gasteiger partial charge is 0.490 e. The second-order valence-corrected chi connectivity index (χ2v) is 3.16. The molecule has 0 aliphatic rings. The highest BCUT2D eigenvalue weighted by atomic mass is 19.4. The lowest BCUT2D eigenvalue weighted by molar-refractivity contribution is -0.392. The molecule has 108 valence electrons. The summed E-state index contributed by atoms with van der Waals surface area (Å²) < 4.78 is 33.2. The van der Waals surface area contributed by atoms with Crippen LogP contribution in [0.15, 0.2) is 6.20 Å². The van der Waals surface area contributed by atoms with Crippen LogP contribution in [0, 0.1) is 17.0 Å². The highest BCUT2D eigenvalue weighted by Crippen LogP contribution is 2.13. The molecule has 0 fully saturated rings. The second kappa shape index (κ2) is 6.68. The lowest BCUT2D eigenvalue weighted by atomic mass is 10.5. The van der Waals surface area contributed by atoms with Crippen molar-refractivity contribution in [3.63, 3.8) is 0 Å². The minimum Gasteiger partial charge on any atom is -0.475 e. The summed E-state index contributed by atoms with van der Waals surface area (Å²) in [5, 5.41) is 17.5. The lowest BCUT2D eigenvalue weighted by Gasteiger charge is -1.99. The van der Waals surface area contributed by atoms with Crippen molar-refractivity contribution in [1.29, 1.82) is 0 Å². The van der Waals surface area contributed by atoms with Gasteiger partial charge in [0.05, 0.1) is 0 Å². The molecule has 0 bridgehead atoms. The molecule has 0 aliphatic heterocycles. The second-order valence-electron chi connectivity index (χ2n) is 3.16. The van der Waals surface area contributed by atoms with E-state index in [1.165, 1.54) is 10.8 Å². The third-order valence-electron chi connectivity index (χ3n) is 1.82. The standard InChI is InChI=1S/C6H10N4O2.C2HF3O2/c1-5-8-4-6(10(11)12)9(5)3-2-7;3-2(4,5)1(6)7/h4H,2-3,7H2,1H3;(H,6,7). The predicted octanol–water partition coefficient (Wildman–Crippen LogP) is 0.692. The monoisotopic (exact) mass is 284 g/mol. The first-order chi connectivity index (χ1) is 8.61. The molecular weight excluding hydrogens is 273 g/mol. The fourth-order valence-corrected chi connectivity index (χ4v) is 1.01. The summed E-state index contributed by atoms with van der Waals surface area (Å²) in [6.45, 7) is 2.52. The van der Waals surface area contributed by atoms with Crippen LogP contribution in [-0.2, 0) is 11.3 Å². The molecule has 8 nitrogen and oxygen atoms in total. The van der Waals surface area contributed by atoms with E-state index in [-0.39, 0.29) is 5.82 Å². The zero-order valence-electron chi connectivity index (χ0n) is 9.72. The maximum atomic E-state index is 10.6. The maximum absolute atomic E-state index is 10.6. The minimum atomic E-state index is -5.08. The van der Waals surface area contributed by atoms with Gasteiger partial charge in [-0.2, -0.15) is 13.2 Å². The Morgan fingerprint density at radius 2 is 2.11 bits per heavy atom. The Balaban J connectivity index is 0.000000399. The van der Waals surface area contributed by atoms with Gasteiger partial charge >= 0.3 is 18.0 Å². The van der Waals surface area contributed by atoms with Gasteiger partial charge in [-0.1, -0.05) is 0 Å². The Morgan fingerprint density at radius 3 is 2.42 bits per heavy atom. The minimum absolute atomic E-state index is 0.00190. The molecule has 0 saturated heterocycles. The van der Waals surface area contributed by atoms with Crippen LogP contribution in [0.3, 0.4) is 0 Å². The molecule has 0 unspecified atom stereocenters. The number of hydrogen-bond acceptors (Lipinski definition) is 5. The SMILES string of the molecule is Cc1ncc([N+](=O)[O-])n1CCN.O=C(O)C(F)(F)F. The van der Waals surface area contributed by atoms with Gasteiger partial charge in [-0.15, -0.1) is 0 Å². The first-order valence-corrected chi connectivity index (χ1v) is 4.78. The Bertz CT molecular complexity index is 457. The Morgan fingerprint density at radius 1 is 1.63 bits per heavy atom. The van der Waals surface area contributed by atoms with Crippen molar-refractivity contribution in [2.75, 3.05) is 6.54 Å². The zero-order chi connectivity index (χ0) is 15.2. The number of rotatable bonds is 3. The molecule has 1 aromatic rings. The van der Waals surface area contributed by atoms with E-state index in [0.29, 0.717) is 18.9 Å². The van der Waals surface area contributed by atoms with Crippen molar-refractivity contribution in [2.24, 2.45) is 5.73 Å². The average molecular weight is 284 g/mol. The number of nitrogens with two attached hydrogens (primary N) is 1. The highest BCUT2D eigenvalue weighted by molar-refractivity contribution is 5.73. The van der Waals surface area contributed by atoms with Gasteiger partial charge in [0.15, 0.2) is 5.82 Å². The quantitative estimate of drug-likeness (QED) is 0.621. The molecule has 0 radical (unpaired) electrons. The van der Waals surface area contributed by atoms with Gasteiger partial charge in [-0.05, 0) is 4.92 Å². The van der Waals surface area contributed by atoms with Gasteiger partial charge in [-0.3, -0.25) is 0 Å². The third kappa shape index (κ3) is 5.33. The number of aliphatic carboxylic acids is 1. The van der Waals surface area contributed by atoms with Crippen molar-refractivity contribution in [3.8, 4) is 0 Å². The molecule has 0 saturated carbocycles. The van der Waals surface area contributed by atoms with Gasteiger partial charge in [0.1, 0.15) is 12.7 Å². The van der Waals surface area contributed by atoms with Crippen LogP contribution in [0.1, 0.15) is 5.82 Å². The highest BCUT2D eigenvalue weighted by Gasteiger charge is 2.38. The number of aromatic nitrogens is 2. The molecule has 11 heteroatoms. The van der Waals surface area contributed by atoms with E-state index in [2.05, 4.69) is 4.98 Å². The van der Waals surface area contributed by atoms with Crippen LogP contribution in [0.4, 0.5) is 19.0 Å². The number of carbonyl (C=O) groups is 1. The zero-order valence-corrected chi connectivity index (χ0v) is 9.72. The van der Waals surface area contributed by atoms with Crippen LogP contribution in [0.2, 0.25) is 0 Å². The Labute approximate surface area is 104 Å². The van der Waals surface area contributed by atoms with Crippen molar-refractivity contribution in [1.82, 2.24) is 9.55 Å². The molecule has 0 aromatic carbocycles. The molecule has 1 aromatic heterocycles. The molecule has 3 N–H and O–H groups in total. The normalized spacial score (nSPS) is 10.6. The van der Waals surface area contributed by atoms with E-state index in [4.69, 9.17) is 15.6 Å². The fourth-order valence-electron chi connectivity index (χ4n) is 1.01. The molecule has 1 heterocycles. The van der Waals surface area contributed by atoms with E-state index >= 15 is 0 Å². The van der Waals surface area contributed by atoms with Gasteiger partial charge < -0.3 is 21.0 Å². The van der Waals surface area contributed by atoms with Crippen LogP contribution >= 0.6 is 0 Å². The summed E-state index contributed by atoms with van der Waals surface area (Å²) in [6.07, 6.45) is -3.84. The first-order valence-electron chi connectivity index (χ1n) is 4.78. The van der Waals surface area contributed by atoms with Gasteiger partial charge in [-0.25, -0.2) is 14.3 Å². The van der Waals surface area contributed by atoms with E-state index in [0.717, 1.165) is 0 Å². The Hall–Kier alpha value is -2.17. The molecule has 0 amide bonds. The summed E-state index contributed by atoms with van der Waals surface area (Å²) in [4.78, 5) is 22.7. The number of aryl methyl sites for hydroxylation is 1. The average Bonchev–Trinajstić information content (AvgIpc) is 2.61. The molecule has 0 atom stereocenters. The van der Waals surface area contributed by atoms with E-state index in [1.54, 1.807) is 6.92 Å². The molecule has 0 aliphatic carbocycles. The number of nitro groups is 1. The number of carboxylic acid groups (broad SMARTS) is 1. The van der Waals surface area contributed by atoms with Gasteiger partial charge in [0.2, 0.25) is 0 Å². The summed E-state index contributed by atoms with van der Waals surface area (Å²) in [5.74, 6) is -2.14. The molecular formula is C8H11F3N4O4. The summed E-state index contributed by atoms with van der Waals surface area (Å²) >= 11 is 0. The number of hydrogen-bond donors (Lipinski definition) is 2. The van der Waals surface area contributed by atoms with Gasteiger partial charge in [0.25, 0.3) is 0 Å².